The average molecular weight is 374 g/mol. The normalized spacial score (nSPS) is 21.4. The van der Waals surface area contributed by atoms with Crippen molar-refractivity contribution in [2.75, 3.05) is 4.90 Å². The molecule has 4 nitrogen and oxygen atoms in total. The Morgan fingerprint density at radius 2 is 1.95 bits per heavy atom. The molecule has 1 N–H and O–H groups in total. The van der Waals surface area contributed by atoms with E-state index in [4.69, 9.17) is 11.6 Å². The van der Waals surface area contributed by atoms with E-state index in [9.17, 15) is 9.59 Å². The highest BCUT2D eigenvalue weighted by atomic mass is 79.9. The van der Waals surface area contributed by atoms with Crippen molar-refractivity contribution in [3.05, 3.63) is 27.7 Å². The van der Waals surface area contributed by atoms with Crippen molar-refractivity contribution in [1.82, 2.24) is 5.32 Å². The molecule has 0 saturated carbocycles. The molecule has 1 heterocycles. The topological polar surface area (TPSA) is 49.4 Å². The van der Waals surface area contributed by atoms with Crippen LogP contribution in [0.15, 0.2) is 22.7 Å². The molecule has 1 atom stereocenters. The summed E-state index contributed by atoms with van der Waals surface area (Å²) in [6.45, 7) is 5.54. The van der Waals surface area contributed by atoms with Crippen LogP contribution in [0.2, 0.25) is 5.02 Å². The summed E-state index contributed by atoms with van der Waals surface area (Å²) in [5.74, 6) is -0.220. The van der Waals surface area contributed by atoms with E-state index in [-0.39, 0.29) is 11.8 Å². The fraction of sp³-hybridized carbons (Fsp3) is 0.467. The summed E-state index contributed by atoms with van der Waals surface area (Å²) in [6.07, 6.45) is 1.12. The van der Waals surface area contributed by atoms with Crippen LogP contribution in [0.4, 0.5) is 5.69 Å². The van der Waals surface area contributed by atoms with Crippen molar-refractivity contribution in [1.29, 1.82) is 0 Å². The number of carbonyl (C=O) groups is 2. The number of anilines is 1. The van der Waals surface area contributed by atoms with Crippen LogP contribution in [0.25, 0.3) is 0 Å². The van der Waals surface area contributed by atoms with E-state index in [2.05, 4.69) is 21.2 Å². The zero-order valence-corrected chi connectivity index (χ0v) is 14.6. The van der Waals surface area contributed by atoms with Crippen LogP contribution >= 0.6 is 27.5 Å². The molecular weight excluding hydrogens is 356 g/mol. The minimum Gasteiger partial charge on any atom is -0.340 e. The first-order valence-electron chi connectivity index (χ1n) is 6.97. The second-order valence-corrected chi connectivity index (χ2v) is 6.52. The third-order valence-corrected chi connectivity index (χ3v) is 5.00. The Kier molecular flexibility index (Phi) is 4.63. The van der Waals surface area contributed by atoms with Crippen molar-refractivity contribution in [3.8, 4) is 0 Å². The average Bonchev–Trinajstić information content (AvgIpc) is 2.45. The van der Waals surface area contributed by atoms with Gasteiger partial charge in [0.2, 0.25) is 5.91 Å². The lowest BCUT2D eigenvalue weighted by atomic mass is 9.87. The van der Waals surface area contributed by atoms with Crippen LogP contribution in [-0.2, 0) is 9.59 Å². The third kappa shape index (κ3) is 2.69. The molecule has 2 amide bonds. The molecule has 0 spiro atoms. The molecule has 1 aliphatic rings. The van der Waals surface area contributed by atoms with Gasteiger partial charge in [0.15, 0.2) is 0 Å². The summed E-state index contributed by atoms with van der Waals surface area (Å²) >= 11 is 9.38. The van der Waals surface area contributed by atoms with E-state index in [1.54, 1.807) is 30.0 Å². The van der Waals surface area contributed by atoms with Gasteiger partial charge in [-0.1, -0.05) is 25.4 Å². The zero-order valence-electron chi connectivity index (χ0n) is 12.2. The lowest BCUT2D eigenvalue weighted by Crippen LogP contribution is -2.69. The third-order valence-electron chi connectivity index (χ3n) is 4.13. The van der Waals surface area contributed by atoms with Gasteiger partial charge in [-0.05, 0) is 53.9 Å². The SMILES string of the molecule is CCC1(CC)NC(=O)C(C)N(c2ccc(Cl)cc2Br)C1=O. The van der Waals surface area contributed by atoms with Gasteiger partial charge < -0.3 is 5.32 Å². The maximum atomic E-state index is 13.0. The quantitative estimate of drug-likeness (QED) is 0.881. The summed E-state index contributed by atoms with van der Waals surface area (Å²) < 4.78 is 0.700. The maximum Gasteiger partial charge on any atom is 0.253 e. The zero-order chi connectivity index (χ0) is 15.8. The van der Waals surface area contributed by atoms with Crippen molar-refractivity contribution >= 4 is 45.0 Å². The number of amides is 2. The highest BCUT2D eigenvalue weighted by Gasteiger charge is 2.48. The molecule has 114 valence electrons. The Bertz CT molecular complexity index is 587. The predicted octanol–water partition coefficient (Wildman–Crippen LogP) is 3.51. The number of halogens is 2. The van der Waals surface area contributed by atoms with E-state index >= 15 is 0 Å². The Labute approximate surface area is 138 Å². The first-order valence-corrected chi connectivity index (χ1v) is 8.14. The van der Waals surface area contributed by atoms with Crippen molar-refractivity contribution < 1.29 is 9.59 Å². The van der Waals surface area contributed by atoms with Gasteiger partial charge in [0, 0.05) is 9.50 Å². The van der Waals surface area contributed by atoms with Crippen LogP contribution in [0.3, 0.4) is 0 Å². The number of carbonyl (C=O) groups excluding carboxylic acids is 2. The molecule has 6 heteroatoms. The first-order chi connectivity index (χ1) is 9.86. The van der Waals surface area contributed by atoms with Gasteiger partial charge >= 0.3 is 0 Å². The number of hydrogen-bond donors (Lipinski definition) is 1. The number of nitrogens with one attached hydrogen (secondary N) is 1. The van der Waals surface area contributed by atoms with Gasteiger partial charge in [0.05, 0.1) is 5.69 Å². The molecule has 1 unspecified atom stereocenters. The van der Waals surface area contributed by atoms with E-state index in [0.717, 1.165) is 0 Å². The van der Waals surface area contributed by atoms with Crippen LogP contribution in [-0.4, -0.2) is 23.4 Å². The fourth-order valence-electron chi connectivity index (χ4n) is 2.64. The number of piperazine rings is 1. The molecule has 0 aliphatic carbocycles. The molecule has 1 fully saturated rings. The molecule has 21 heavy (non-hydrogen) atoms. The Morgan fingerprint density at radius 1 is 1.33 bits per heavy atom. The molecule has 1 aromatic rings. The Balaban J connectivity index is 2.53. The molecule has 0 radical (unpaired) electrons. The smallest absolute Gasteiger partial charge is 0.253 e. The first kappa shape index (κ1) is 16.3. The second kappa shape index (κ2) is 5.97. The van der Waals surface area contributed by atoms with Gasteiger partial charge in [-0.3, -0.25) is 14.5 Å². The monoisotopic (exact) mass is 372 g/mol. The summed E-state index contributed by atoms with van der Waals surface area (Å²) in [6, 6.07) is 4.65. The molecule has 1 saturated heterocycles. The molecule has 0 aromatic heterocycles. The summed E-state index contributed by atoms with van der Waals surface area (Å²) in [5, 5.41) is 3.46. The minimum atomic E-state index is -0.831. The number of nitrogens with zero attached hydrogens (tertiary/aromatic N) is 1. The van der Waals surface area contributed by atoms with E-state index < -0.39 is 11.6 Å². The standard InChI is InChI=1S/C15H18BrClN2O2/c1-4-15(5-2)14(21)19(9(3)13(20)18-15)12-7-6-10(17)8-11(12)16/h6-9H,4-5H2,1-3H3,(H,18,20). The molecule has 2 rings (SSSR count). The maximum absolute atomic E-state index is 13.0. The Morgan fingerprint density at radius 3 is 2.48 bits per heavy atom. The van der Waals surface area contributed by atoms with Crippen LogP contribution in [0.5, 0.6) is 0 Å². The number of benzene rings is 1. The molecule has 1 aromatic carbocycles. The van der Waals surface area contributed by atoms with Crippen molar-refractivity contribution in [3.63, 3.8) is 0 Å². The lowest BCUT2D eigenvalue weighted by Gasteiger charge is -2.44. The van der Waals surface area contributed by atoms with Crippen LogP contribution in [0.1, 0.15) is 33.6 Å². The summed E-state index contributed by atoms with van der Waals surface area (Å²) in [5.41, 5.74) is -0.166. The minimum absolute atomic E-state index is 0.0809. The van der Waals surface area contributed by atoms with Gasteiger partial charge in [-0.25, -0.2) is 0 Å². The van der Waals surface area contributed by atoms with E-state index in [1.807, 2.05) is 13.8 Å². The van der Waals surface area contributed by atoms with Crippen LogP contribution < -0.4 is 10.2 Å². The summed E-state index contributed by atoms with van der Waals surface area (Å²) in [7, 11) is 0. The van der Waals surface area contributed by atoms with Gasteiger partial charge in [0.1, 0.15) is 11.6 Å². The number of hydrogen-bond acceptors (Lipinski definition) is 2. The van der Waals surface area contributed by atoms with E-state index in [1.165, 1.54) is 0 Å². The van der Waals surface area contributed by atoms with Gasteiger partial charge in [-0.15, -0.1) is 0 Å². The highest BCUT2D eigenvalue weighted by molar-refractivity contribution is 9.10. The van der Waals surface area contributed by atoms with Crippen molar-refractivity contribution in [2.45, 2.75) is 45.2 Å². The molecule has 1 aliphatic heterocycles. The van der Waals surface area contributed by atoms with Gasteiger partial charge in [-0.2, -0.15) is 0 Å². The molecule has 0 bridgehead atoms. The van der Waals surface area contributed by atoms with E-state index in [0.29, 0.717) is 28.0 Å². The predicted molar refractivity (Wildman–Crippen MR) is 87.6 cm³/mol. The fourth-order valence-corrected chi connectivity index (χ4v) is 3.52. The largest absolute Gasteiger partial charge is 0.340 e. The van der Waals surface area contributed by atoms with Crippen LogP contribution in [0, 0.1) is 0 Å². The number of rotatable bonds is 3. The Hall–Kier alpha value is -1.07. The van der Waals surface area contributed by atoms with Crippen molar-refractivity contribution in [2.24, 2.45) is 0 Å². The highest BCUT2D eigenvalue weighted by Crippen LogP contribution is 2.35. The summed E-state index contributed by atoms with van der Waals surface area (Å²) in [4.78, 5) is 26.8. The second-order valence-electron chi connectivity index (χ2n) is 5.23. The lowest BCUT2D eigenvalue weighted by molar-refractivity contribution is -0.138. The molecular formula is C15H18BrClN2O2. The van der Waals surface area contributed by atoms with Gasteiger partial charge in [0.25, 0.3) is 5.91 Å².